The zero-order valence-electron chi connectivity index (χ0n) is 17.5. The van der Waals surface area contributed by atoms with E-state index in [1.165, 1.54) is 28.3 Å². The molecule has 0 bridgehead atoms. The Morgan fingerprint density at radius 3 is 1.97 bits per heavy atom. The molecule has 7 heteroatoms. The standard InChI is InChI=1S/C24H28N2O5/c1-2-23(27)25-11-13-29-15-16-30-14-12-26-24(28)31-17-22-20-9-5-3-7-18(20)19-8-4-6-10-21(19)22/h2-10,22H,1,11-17H2,(H,25,27)(H,26,28). The second-order valence-electron chi connectivity index (χ2n) is 6.97. The molecule has 2 aromatic carbocycles. The van der Waals surface area contributed by atoms with Gasteiger partial charge in [0, 0.05) is 19.0 Å². The zero-order chi connectivity index (χ0) is 21.9. The molecule has 1 aliphatic carbocycles. The molecule has 164 valence electrons. The summed E-state index contributed by atoms with van der Waals surface area (Å²) in [5.74, 6) is -0.179. The van der Waals surface area contributed by atoms with E-state index in [0.29, 0.717) is 39.5 Å². The van der Waals surface area contributed by atoms with Gasteiger partial charge in [0.2, 0.25) is 5.91 Å². The largest absolute Gasteiger partial charge is 0.449 e. The van der Waals surface area contributed by atoms with Crippen molar-refractivity contribution in [2.24, 2.45) is 0 Å². The Bertz CT molecular complexity index is 854. The predicted molar refractivity (Wildman–Crippen MR) is 118 cm³/mol. The fourth-order valence-electron chi connectivity index (χ4n) is 3.52. The van der Waals surface area contributed by atoms with Crippen LogP contribution in [-0.4, -0.2) is 58.1 Å². The van der Waals surface area contributed by atoms with Gasteiger partial charge in [-0.05, 0) is 28.3 Å². The maximum atomic E-state index is 12.1. The monoisotopic (exact) mass is 424 g/mol. The average Bonchev–Trinajstić information content (AvgIpc) is 3.12. The average molecular weight is 424 g/mol. The number of amides is 2. The second kappa shape index (κ2) is 11.9. The SMILES string of the molecule is C=CC(=O)NCCOCCOCCNC(=O)OCC1c2ccccc2-c2ccccc21. The number of ether oxygens (including phenoxy) is 3. The maximum Gasteiger partial charge on any atom is 0.407 e. The lowest BCUT2D eigenvalue weighted by Gasteiger charge is -2.14. The van der Waals surface area contributed by atoms with Crippen molar-refractivity contribution < 1.29 is 23.8 Å². The summed E-state index contributed by atoms with van der Waals surface area (Å²) in [6.45, 7) is 6.02. The number of alkyl carbamates (subject to hydrolysis) is 1. The minimum Gasteiger partial charge on any atom is -0.449 e. The van der Waals surface area contributed by atoms with Crippen molar-refractivity contribution in [1.82, 2.24) is 10.6 Å². The van der Waals surface area contributed by atoms with Crippen molar-refractivity contribution in [2.75, 3.05) is 46.1 Å². The molecule has 0 heterocycles. The number of hydrogen-bond acceptors (Lipinski definition) is 5. The number of rotatable bonds is 12. The van der Waals surface area contributed by atoms with Gasteiger partial charge in [0.1, 0.15) is 6.61 Å². The Balaban J connectivity index is 1.29. The molecule has 0 saturated heterocycles. The van der Waals surface area contributed by atoms with Crippen LogP contribution in [0, 0.1) is 0 Å². The third-order valence-corrected chi connectivity index (χ3v) is 4.96. The molecule has 0 saturated carbocycles. The van der Waals surface area contributed by atoms with Gasteiger partial charge in [-0.3, -0.25) is 4.79 Å². The molecule has 2 aromatic rings. The fourth-order valence-corrected chi connectivity index (χ4v) is 3.52. The highest BCUT2D eigenvalue weighted by Crippen LogP contribution is 2.44. The number of hydrogen-bond donors (Lipinski definition) is 2. The Morgan fingerprint density at radius 1 is 0.839 bits per heavy atom. The van der Waals surface area contributed by atoms with Crippen LogP contribution in [-0.2, 0) is 19.0 Å². The van der Waals surface area contributed by atoms with Crippen molar-refractivity contribution in [2.45, 2.75) is 5.92 Å². The van der Waals surface area contributed by atoms with Crippen molar-refractivity contribution in [3.8, 4) is 11.1 Å². The van der Waals surface area contributed by atoms with E-state index >= 15 is 0 Å². The first-order valence-electron chi connectivity index (χ1n) is 10.4. The number of fused-ring (bicyclic) bond motifs is 3. The third kappa shape index (κ3) is 6.41. The molecular weight excluding hydrogens is 396 g/mol. The van der Waals surface area contributed by atoms with Crippen molar-refractivity contribution in [1.29, 1.82) is 0 Å². The highest BCUT2D eigenvalue weighted by atomic mass is 16.5. The van der Waals surface area contributed by atoms with E-state index in [1.807, 2.05) is 24.3 Å². The first-order valence-corrected chi connectivity index (χ1v) is 10.4. The minimum atomic E-state index is -0.459. The van der Waals surface area contributed by atoms with E-state index in [4.69, 9.17) is 14.2 Å². The normalized spacial score (nSPS) is 12.0. The molecule has 0 unspecified atom stereocenters. The number of benzene rings is 2. The van der Waals surface area contributed by atoms with Gasteiger partial charge in [-0.1, -0.05) is 55.1 Å². The van der Waals surface area contributed by atoms with Gasteiger partial charge in [0.05, 0.1) is 26.4 Å². The Morgan fingerprint density at radius 2 is 1.39 bits per heavy atom. The molecule has 0 radical (unpaired) electrons. The summed E-state index contributed by atoms with van der Waals surface area (Å²) >= 11 is 0. The second-order valence-corrected chi connectivity index (χ2v) is 6.97. The van der Waals surface area contributed by atoms with Crippen LogP contribution in [0.1, 0.15) is 17.0 Å². The van der Waals surface area contributed by atoms with E-state index in [-0.39, 0.29) is 18.4 Å². The Hall–Kier alpha value is -3.16. The summed E-state index contributed by atoms with van der Waals surface area (Å²) < 4.78 is 16.2. The van der Waals surface area contributed by atoms with Crippen LogP contribution >= 0.6 is 0 Å². The quantitative estimate of drug-likeness (QED) is 0.404. The number of nitrogens with one attached hydrogen (secondary N) is 2. The summed E-state index contributed by atoms with van der Waals surface area (Å²) in [5, 5.41) is 5.32. The molecule has 0 atom stereocenters. The maximum absolute atomic E-state index is 12.1. The van der Waals surface area contributed by atoms with Gasteiger partial charge in [-0.2, -0.15) is 0 Å². The van der Waals surface area contributed by atoms with Gasteiger partial charge in [0.15, 0.2) is 0 Å². The first-order chi connectivity index (χ1) is 15.2. The van der Waals surface area contributed by atoms with Gasteiger partial charge < -0.3 is 24.8 Å². The third-order valence-electron chi connectivity index (χ3n) is 4.96. The molecule has 1 aliphatic rings. The smallest absolute Gasteiger partial charge is 0.407 e. The highest BCUT2D eigenvalue weighted by Gasteiger charge is 2.28. The van der Waals surface area contributed by atoms with E-state index < -0.39 is 6.09 Å². The fraction of sp³-hybridized carbons (Fsp3) is 0.333. The van der Waals surface area contributed by atoms with Gasteiger partial charge in [0.25, 0.3) is 0 Å². The topological polar surface area (TPSA) is 85.9 Å². The Kier molecular flexibility index (Phi) is 8.63. The lowest BCUT2D eigenvalue weighted by molar-refractivity contribution is -0.116. The Labute approximate surface area is 182 Å². The molecule has 0 aromatic heterocycles. The predicted octanol–water partition coefficient (Wildman–Crippen LogP) is 2.86. The first kappa shape index (κ1) is 22.5. The molecule has 2 amide bonds. The summed E-state index contributed by atoms with van der Waals surface area (Å²) in [5.41, 5.74) is 4.77. The minimum absolute atomic E-state index is 0.0443. The molecule has 3 rings (SSSR count). The zero-order valence-corrected chi connectivity index (χ0v) is 17.5. The summed E-state index contributed by atoms with van der Waals surface area (Å²) in [6.07, 6.45) is 0.756. The number of carbonyl (C=O) groups is 2. The van der Waals surface area contributed by atoms with E-state index in [9.17, 15) is 9.59 Å². The molecule has 0 aliphatic heterocycles. The van der Waals surface area contributed by atoms with Crippen LogP contribution in [0.2, 0.25) is 0 Å². The lowest BCUT2D eigenvalue weighted by atomic mass is 9.98. The summed E-state index contributed by atoms with van der Waals surface area (Å²) in [4.78, 5) is 23.0. The lowest BCUT2D eigenvalue weighted by Crippen LogP contribution is -2.29. The van der Waals surface area contributed by atoms with Crippen LogP contribution in [0.3, 0.4) is 0 Å². The van der Waals surface area contributed by atoms with E-state index in [0.717, 1.165) is 0 Å². The van der Waals surface area contributed by atoms with Crippen molar-refractivity contribution in [3.63, 3.8) is 0 Å². The molecule has 7 nitrogen and oxygen atoms in total. The van der Waals surface area contributed by atoms with Crippen LogP contribution in [0.5, 0.6) is 0 Å². The molecule has 2 N–H and O–H groups in total. The highest BCUT2D eigenvalue weighted by molar-refractivity contribution is 5.86. The molecular formula is C24H28N2O5. The van der Waals surface area contributed by atoms with Gasteiger partial charge >= 0.3 is 6.09 Å². The van der Waals surface area contributed by atoms with Crippen LogP contribution in [0.25, 0.3) is 11.1 Å². The van der Waals surface area contributed by atoms with Crippen LogP contribution < -0.4 is 10.6 Å². The molecule has 0 fully saturated rings. The van der Waals surface area contributed by atoms with E-state index in [2.05, 4.69) is 41.5 Å². The van der Waals surface area contributed by atoms with Crippen LogP contribution in [0.4, 0.5) is 4.79 Å². The van der Waals surface area contributed by atoms with Crippen LogP contribution in [0.15, 0.2) is 61.2 Å². The molecule has 0 spiro atoms. The summed E-state index contributed by atoms with van der Waals surface area (Å²) in [7, 11) is 0. The van der Waals surface area contributed by atoms with Gasteiger partial charge in [-0.25, -0.2) is 4.79 Å². The number of carbonyl (C=O) groups excluding carboxylic acids is 2. The van der Waals surface area contributed by atoms with Crippen molar-refractivity contribution >= 4 is 12.0 Å². The summed E-state index contributed by atoms with van der Waals surface area (Å²) in [6, 6.07) is 16.5. The van der Waals surface area contributed by atoms with Gasteiger partial charge in [-0.15, -0.1) is 0 Å². The van der Waals surface area contributed by atoms with E-state index in [1.54, 1.807) is 0 Å². The van der Waals surface area contributed by atoms with Crippen molar-refractivity contribution in [3.05, 3.63) is 72.3 Å². The molecule has 31 heavy (non-hydrogen) atoms.